The number of halogens is 3. The van der Waals surface area contributed by atoms with Crippen LogP contribution in [0.15, 0.2) is 36.4 Å². The number of hydrogen-bond donors (Lipinski definition) is 1. The second-order valence-corrected chi connectivity index (χ2v) is 5.77. The first-order valence-corrected chi connectivity index (χ1v) is 8.13. The van der Waals surface area contributed by atoms with E-state index in [1.165, 1.54) is 33.3 Å². The number of nitro groups is 1. The number of carbonyl (C=O) groups is 1. The van der Waals surface area contributed by atoms with E-state index < -0.39 is 34.4 Å². The molecule has 0 heterocycles. The van der Waals surface area contributed by atoms with Crippen molar-refractivity contribution in [3.8, 4) is 17.2 Å². The summed E-state index contributed by atoms with van der Waals surface area (Å²) >= 11 is 0. The summed E-state index contributed by atoms with van der Waals surface area (Å²) in [6, 6.07) is 5.49. The van der Waals surface area contributed by atoms with Gasteiger partial charge in [0.2, 0.25) is 5.75 Å². The zero-order valence-corrected chi connectivity index (χ0v) is 15.6. The zero-order chi connectivity index (χ0) is 21.8. The molecule has 0 saturated carbocycles. The Bertz CT molecular complexity index is 895. The fraction of sp³-hybridized carbons (Fsp3) is 0.278. The van der Waals surface area contributed by atoms with Gasteiger partial charge in [-0.2, -0.15) is 13.2 Å². The van der Waals surface area contributed by atoms with Crippen LogP contribution in [0.4, 0.5) is 24.5 Å². The van der Waals surface area contributed by atoms with Crippen LogP contribution in [0.25, 0.3) is 0 Å². The molecule has 29 heavy (non-hydrogen) atoms. The van der Waals surface area contributed by atoms with Gasteiger partial charge in [-0.15, -0.1) is 0 Å². The minimum absolute atomic E-state index is 0.00179. The lowest BCUT2D eigenvalue weighted by atomic mass is 10.1. The van der Waals surface area contributed by atoms with E-state index in [1.807, 2.05) is 0 Å². The van der Waals surface area contributed by atoms with E-state index in [9.17, 15) is 28.1 Å². The molecule has 0 fully saturated rings. The monoisotopic (exact) mass is 414 g/mol. The van der Waals surface area contributed by atoms with Crippen molar-refractivity contribution >= 4 is 17.3 Å². The van der Waals surface area contributed by atoms with E-state index in [0.717, 1.165) is 6.07 Å². The SMILES string of the molecule is COc1cccc(OC)c1OC(=O)[C@H](C)Nc1ccc(C(F)(F)F)cc1[N+](=O)[O-]. The standard InChI is InChI=1S/C18H17F3N2O6/c1-10(17(24)29-16-14(27-2)5-4-6-15(16)28-3)22-12-8-7-11(18(19,20)21)9-13(12)23(25)26/h4-10,22H,1-3H3/t10-/m0/s1. The molecule has 0 spiro atoms. The van der Waals surface area contributed by atoms with Gasteiger partial charge in [-0.3, -0.25) is 10.1 Å². The average molecular weight is 414 g/mol. The lowest BCUT2D eigenvalue weighted by Crippen LogP contribution is -2.30. The maximum Gasteiger partial charge on any atom is 0.416 e. The lowest BCUT2D eigenvalue weighted by molar-refractivity contribution is -0.384. The van der Waals surface area contributed by atoms with Crippen molar-refractivity contribution in [3.63, 3.8) is 0 Å². The van der Waals surface area contributed by atoms with Gasteiger partial charge in [0, 0.05) is 6.07 Å². The summed E-state index contributed by atoms with van der Waals surface area (Å²) in [6.07, 6.45) is -4.74. The molecule has 2 aromatic carbocycles. The van der Waals surface area contributed by atoms with Crippen LogP contribution in [0.2, 0.25) is 0 Å². The minimum Gasteiger partial charge on any atom is -0.493 e. The molecule has 0 unspecified atom stereocenters. The Morgan fingerprint density at radius 2 is 1.72 bits per heavy atom. The highest BCUT2D eigenvalue weighted by molar-refractivity contribution is 5.83. The van der Waals surface area contributed by atoms with Gasteiger partial charge in [-0.1, -0.05) is 6.07 Å². The van der Waals surface area contributed by atoms with Crippen LogP contribution < -0.4 is 19.5 Å². The molecule has 0 aliphatic carbocycles. The van der Waals surface area contributed by atoms with Gasteiger partial charge < -0.3 is 19.5 Å². The number of benzene rings is 2. The summed E-state index contributed by atoms with van der Waals surface area (Å²) in [5, 5.41) is 13.7. The Labute approximate surface area is 163 Å². The second kappa shape index (κ2) is 8.67. The van der Waals surface area contributed by atoms with Gasteiger partial charge in [-0.25, -0.2) is 4.79 Å². The van der Waals surface area contributed by atoms with Crippen LogP contribution in [0, 0.1) is 10.1 Å². The molecular formula is C18H17F3N2O6. The number of esters is 1. The number of carbonyl (C=O) groups excluding carboxylic acids is 1. The molecule has 0 aliphatic heterocycles. The van der Waals surface area contributed by atoms with Crippen molar-refractivity contribution in [1.82, 2.24) is 0 Å². The van der Waals surface area contributed by atoms with E-state index in [2.05, 4.69) is 5.32 Å². The molecule has 0 amide bonds. The van der Waals surface area contributed by atoms with Gasteiger partial charge in [0.1, 0.15) is 11.7 Å². The van der Waals surface area contributed by atoms with Crippen molar-refractivity contribution in [2.45, 2.75) is 19.1 Å². The molecule has 2 aromatic rings. The Morgan fingerprint density at radius 1 is 1.14 bits per heavy atom. The number of methoxy groups -OCH3 is 2. The lowest BCUT2D eigenvalue weighted by Gasteiger charge is -2.17. The van der Waals surface area contributed by atoms with Gasteiger partial charge in [-0.05, 0) is 31.2 Å². The van der Waals surface area contributed by atoms with Gasteiger partial charge in [0.15, 0.2) is 11.5 Å². The van der Waals surface area contributed by atoms with E-state index in [-0.39, 0.29) is 22.9 Å². The van der Waals surface area contributed by atoms with E-state index in [0.29, 0.717) is 12.1 Å². The number of para-hydroxylation sites is 1. The highest BCUT2D eigenvalue weighted by Gasteiger charge is 2.33. The molecular weight excluding hydrogens is 397 g/mol. The number of ether oxygens (including phenoxy) is 3. The summed E-state index contributed by atoms with van der Waals surface area (Å²) in [7, 11) is 2.72. The minimum atomic E-state index is -4.74. The predicted octanol–water partition coefficient (Wildman–Crippen LogP) is 4.04. The van der Waals surface area contributed by atoms with Crippen LogP contribution in [0.1, 0.15) is 12.5 Å². The summed E-state index contributed by atoms with van der Waals surface area (Å²) in [5.41, 5.74) is -2.27. The Morgan fingerprint density at radius 3 is 2.21 bits per heavy atom. The number of anilines is 1. The summed E-state index contributed by atoms with van der Waals surface area (Å²) in [6.45, 7) is 1.34. The topological polar surface area (TPSA) is 99.9 Å². The predicted molar refractivity (Wildman–Crippen MR) is 96.4 cm³/mol. The number of nitrogens with one attached hydrogen (secondary N) is 1. The third kappa shape index (κ3) is 5.06. The van der Waals surface area contributed by atoms with Crippen molar-refractivity contribution < 1.29 is 37.1 Å². The van der Waals surface area contributed by atoms with Crippen LogP contribution >= 0.6 is 0 Å². The molecule has 2 rings (SSSR count). The van der Waals surface area contributed by atoms with Gasteiger partial charge in [0.05, 0.1) is 24.7 Å². The first-order valence-electron chi connectivity index (χ1n) is 8.13. The Balaban J connectivity index is 2.26. The summed E-state index contributed by atoms with van der Waals surface area (Å²) in [4.78, 5) is 22.6. The fourth-order valence-electron chi connectivity index (χ4n) is 2.38. The van der Waals surface area contributed by atoms with E-state index >= 15 is 0 Å². The van der Waals surface area contributed by atoms with Crippen LogP contribution in [0.3, 0.4) is 0 Å². The maximum absolute atomic E-state index is 12.8. The molecule has 0 aromatic heterocycles. The molecule has 0 bridgehead atoms. The fourth-order valence-corrected chi connectivity index (χ4v) is 2.38. The Hall–Kier alpha value is -3.50. The third-order valence-corrected chi connectivity index (χ3v) is 3.83. The molecule has 8 nitrogen and oxygen atoms in total. The van der Waals surface area contributed by atoms with E-state index in [1.54, 1.807) is 6.07 Å². The van der Waals surface area contributed by atoms with Crippen LogP contribution in [-0.2, 0) is 11.0 Å². The summed E-state index contributed by atoms with van der Waals surface area (Å²) < 4.78 is 53.9. The first kappa shape index (κ1) is 21.8. The number of nitrogens with zero attached hydrogens (tertiary/aromatic N) is 1. The average Bonchev–Trinajstić information content (AvgIpc) is 2.67. The third-order valence-electron chi connectivity index (χ3n) is 3.83. The molecule has 1 N–H and O–H groups in total. The number of alkyl halides is 3. The maximum atomic E-state index is 12.8. The first-order chi connectivity index (χ1) is 13.6. The molecule has 1 atom stereocenters. The van der Waals surface area contributed by atoms with Crippen LogP contribution in [-0.4, -0.2) is 31.2 Å². The van der Waals surface area contributed by atoms with Crippen molar-refractivity contribution in [2.24, 2.45) is 0 Å². The molecule has 11 heteroatoms. The number of nitro benzene ring substituents is 1. The quantitative estimate of drug-likeness (QED) is 0.316. The molecule has 156 valence electrons. The van der Waals surface area contributed by atoms with E-state index in [4.69, 9.17) is 14.2 Å². The molecule has 0 saturated heterocycles. The normalized spacial score (nSPS) is 12.1. The molecule has 0 radical (unpaired) electrons. The number of rotatable bonds is 7. The Kier molecular flexibility index (Phi) is 6.52. The largest absolute Gasteiger partial charge is 0.493 e. The van der Waals surface area contributed by atoms with Crippen LogP contribution in [0.5, 0.6) is 17.2 Å². The second-order valence-electron chi connectivity index (χ2n) is 5.77. The van der Waals surface area contributed by atoms with Crippen molar-refractivity contribution in [3.05, 3.63) is 52.1 Å². The zero-order valence-electron chi connectivity index (χ0n) is 15.6. The summed E-state index contributed by atoms with van der Waals surface area (Å²) in [5.74, 6) is -0.434. The van der Waals surface area contributed by atoms with Gasteiger partial charge >= 0.3 is 12.1 Å². The molecule has 0 aliphatic rings. The number of hydrogen-bond acceptors (Lipinski definition) is 7. The smallest absolute Gasteiger partial charge is 0.416 e. The highest BCUT2D eigenvalue weighted by Crippen LogP contribution is 2.38. The van der Waals surface area contributed by atoms with Crippen molar-refractivity contribution in [2.75, 3.05) is 19.5 Å². The highest BCUT2D eigenvalue weighted by atomic mass is 19.4. The van der Waals surface area contributed by atoms with Gasteiger partial charge in [0.25, 0.3) is 5.69 Å². The van der Waals surface area contributed by atoms with Crippen molar-refractivity contribution in [1.29, 1.82) is 0 Å².